The van der Waals surface area contributed by atoms with Gasteiger partial charge in [-0.1, -0.05) is 28.1 Å². The Balaban J connectivity index is 1.80. The number of H-pyrrole nitrogens is 1. The van der Waals surface area contributed by atoms with E-state index < -0.39 is 0 Å². The van der Waals surface area contributed by atoms with Gasteiger partial charge in [0, 0.05) is 9.86 Å². The van der Waals surface area contributed by atoms with E-state index in [0.717, 1.165) is 20.9 Å². The van der Waals surface area contributed by atoms with Crippen molar-refractivity contribution in [2.45, 2.75) is 20.3 Å². The minimum atomic E-state index is -0.126. The van der Waals surface area contributed by atoms with Gasteiger partial charge in [0.2, 0.25) is 5.91 Å². The number of aromatic nitrogens is 2. The molecule has 0 atom stereocenters. The van der Waals surface area contributed by atoms with Gasteiger partial charge in [0.1, 0.15) is 0 Å². The highest BCUT2D eigenvalue weighted by Crippen LogP contribution is 2.34. The average molecular weight is 418 g/mol. The fourth-order valence-electron chi connectivity index (χ4n) is 2.69. The molecule has 136 valence electrons. The molecule has 0 saturated carbocycles. The lowest BCUT2D eigenvalue weighted by Gasteiger charge is -2.14. The second-order valence-electron chi connectivity index (χ2n) is 5.62. The highest BCUT2D eigenvalue weighted by atomic mass is 79.9. The number of halogens is 1. The van der Waals surface area contributed by atoms with Crippen LogP contribution in [0.4, 0.5) is 5.69 Å². The van der Waals surface area contributed by atoms with Crippen molar-refractivity contribution in [3.63, 3.8) is 0 Å². The van der Waals surface area contributed by atoms with Gasteiger partial charge >= 0.3 is 0 Å². The molecule has 0 fully saturated rings. The van der Waals surface area contributed by atoms with Gasteiger partial charge < -0.3 is 14.8 Å². The Bertz CT molecular complexity index is 924. The first-order valence-corrected chi connectivity index (χ1v) is 9.21. The van der Waals surface area contributed by atoms with E-state index in [-0.39, 0.29) is 12.3 Å². The van der Waals surface area contributed by atoms with Crippen molar-refractivity contribution in [2.24, 2.45) is 0 Å². The number of carbonyl (C=O) groups is 1. The van der Waals surface area contributed by atoms with Crippen LogP contribution in [0, 0.1) is 0 Å². The molecule has 3 aromatic rings. The van der Waals surface area contributed by atoms with Crippen LogP contribution >= 0.6 is 15.9 Å². The summed E-state index contributed by atoms with van der Waals surface area (Å²) in [4.78, 5) is 12.5. The number of benzene rings is 2. The highest BCUT2D eigenvalue weighted by Gasteiger charge is 2.14. The quantitative estimate of drug-likeness (QED) is 0.600. The summed E-state index contributed by atoms with van der Waals surface area (Å²) in [5.41, 5.74) is 2.34. The largest absolute Gasteiger partial charge is 0.490 e. The normalized spacial score (nSPS) is 10.7. The Morgan fingerprint density at radius 1 is 1.19 bits per heavy atom. The van der Waals surface area contributed by atoms with Crippen LogP contribution in [-0.4, -0.2) is 29.3 Å². The molecule has 3 rings (SSSR count). The molecule has 0 radical (unpaired) electrons. The van der Waals surface area contributed by atoms with Crippen molar-refractivity contribution in [3.05, 3.63) is 46.6 Å². The van der Waals surface area contributed by atoms with Crippen LogP contribution in [0.1, 0.15) is 19.4 Å². The summed E-state index contributed by atoms with van der Waals surface area (Å²) < 4.78 is 12.0. The second-order valence-corrected chi connectivity index (χ2v) is 6.48. The number of carbonyl (C=O) groups excluding carboxylic acids is 1. The zero-order valence-electron chi connectivity index (χ0n) is 14.6. The summed E-state index contributed by atoms with van der Waals surface area (Å²) in [5.74, 6) is 1.17. The van der Waals surface area contributed by atoms with Crippen molar-refractivity contribution in [3.8, 4) is 11.5 Å². The van der Waals surface area contributed by atoms with E-state index in [1.54, 1.807) is 6.20 Å². The van der Waals surface area contributed by atoms with Crippen molar-refractivity contribution >= 4 is 38.4 Å². The molecule has 2 N–H and O–H groups in total. The topological polar surface area (TPSA) is 76.2 Å². The molecule has 1 aromatic heterocycles. The van der Waals surface area contributed by atoms with E-state index >= 15 is 0 Å². The number of hydrogen-bond donors (Lipinski definition) is 2. The van der Waals surface area contributed by atoms with Crippen LogP contribution < -0.4 is 14.8 Å². The van der Waals surface area contributed by atoms with E-state index in [0.29, 0.717) is 30.4 Å². The molecule has 1 amide bonds. The van der Waals surface area contributed by atoms with Crippen molar-refractivity contribution < 1.29 is 14.3 Å². The first kappa shape index (κ1) is 18.3. The minimum Gasteiger partial charge on any atom is -0.490 e. The monoisotopic (exact) mass is 417 g/mol. The third-order valence-corrected chi connectivity index (χ3v) is 4.55. The maximum Gasteiger partial charge on any atom is 0.228 e. The summed E-state index contributed by atoms with van der Waals surface area (Å²) >= 11 is 3.52. The zero-order chi connectivity index (χ0) is 18.5. The van der Waals surface area contributed by atoms with E-state index in [2.05, 4.69) is 31.4 Å². The molecule has 2 aromatic carbocycles. The SMILES string of the molecule is CCOc1cc(Br)c(CC(=O)Nc2cccc3cn[nH]c23)cc1OCC. The Kier molecular flexibility index (Phi) is 5.78. The van der Waals surface area contributed by atoms with Crippen molar-refractivity contribution in [2.75, 3.05) is 18.5 Å². The number of anilines is 1. The zero-order valence-corrected chi connectivity index (χ0v) is 16.2. The molecule has 1 heterocycles. The van der Waals surface area contributed by atoms with Crippen LogP contribution in [0.15, 0.2) is 41.0 Å². The van der Waals surface area contributed by atoms with Crippen LogP contribution in [0.25, 0.3) is 10.9 Å². The average Bonchev–Trinajstić information content (AvgIpc) is 3.09. The molecule has 0 bridgehead atoms. The Labute approximate surface area is 160 Å². The smallest absolute Gasteiger partial charge is 0.228 e. The van der Waals surface area contributed by atoms with Gasteiger partial charge in [0.05, 0.1) is 37.0 Å². The summed E-state index contributed by atoms with van der Waals surface area (Å²) in [6, 6.07) is 9.35. The van der Waals surface area contributed by atoms with E-state index in [1.165, 1.54) is 0 Å². The first-order chi connectivity index (χ1) is 12.6. The molecule has 0 unspecified atom stereocenters. The summed E-state index contributed by atoms with van der Waals surface area (Å²) in [6.07, 6.45) is 1.93. The van der Waals surface area contributed by atoms with Gasteiger partial charge in [-0.05, 0) is 37.6 Å². The molecule has 6 nitrogen and oxygen atoms in total. The fourth-order valence-corrected chi connectivity index (χ4v) is 3.15. The van der Waals surface area contributed by atoms with E-state index in [9.17, 15) is 4.79 Å². The second kappa shape index (κ2) is 8.23. The molecule has 0 aliphatic carbocycles. The predicted molar refractivity (Wildman–Crippen MR) is 105 cm³/mol. The number of aromatic amines is 1. The highest BCUT2D eigenvalue weighted by molar-refractivity contribution is 9.10. The summed E-state index contributed by atoms with van der Waals surface area (Å²) in [5, 5.41) is 10.8. The van der Waals surface area contributed by atoms with Crippen LogP contribution in [0.3, 0.4) is 0 Å². The Morgan fingerprint density at radius 3 is 2.65 bits per heavy atom. The van der Waals surface area contributed by atoms with Crippen molar-refractivity contribution in [1.82, 2.24) is 10.2 Å². The number of para-hydroxylation sites is 1. The molecule has 0 spiro atoms. The summed E-state index contributed by atoms with van der Waals surface area (Å²) in [7, 11) is 0. The first-order valence-electron chi connectivity index (χ1n) is 8.42. The van der Waals surface area contributed by atoms with Gasteiger partial charge in [0.25, 0.3) is 0 Å². The number of hydrogen-bond acceptors (Lipinski definition) is 4. The van der Waals surface area contributed by atoms with Gasteiger partial charge in [-0.15, -0.1) is 0 Å². The molecule has 0 saturated heterocycles. The van der Waals surface area contributed by atoms with E-state index in [1.807, 2.05) is 44.2 Å². The van der Waals surface area contributed by atoms with Crippen LogP contribution in [-0.2, 0) is 11.2 Å². The molecule has 7 heteroatoms. The van der Waals surface area contributed by atoms with Gasteiger partial charge in [0.15, 0.2) is 11.5 Å². The Morgan fingerprint density at radius 2 is 1.92 bits per heavy atom. The molecule has 0 aliphatic heterocycles. The maximum absolute atomic E-state index is 12.5. The lowest BCUT2D eigenvalue weighted by Crippen LogP contribution is -2.15. The standard InChI is InChI=1S/C19H20BrN3O3/c1-3-25-16-8-13(14(20)10-17(16)26-4-2)9-18(24)22-15-7-5-6-12-11-21-23-19(12)15/h5-8,10-11H,3-4,9H2,1-2H3,(H,21,23)(H,22,24). The maximum atomic E-state index is 12.5. The number of nitrogens with one attached hydrogen (secondary N) is 2. The van der Waals surface area contributed by atoms with Gasteiger partial charge in [-0.2, -0.15) is 5.10 Å². The minimum absolute atomic E-state index is 0.126. The Hall–Kier alpha value is -2.54. The van der Waals surface area contributed by atoms with Crippen LogP contribution in [0.5, 0.6) is 11.5 Å². The number of fused-ring (bicyclic) bond motifs is 1. The molecular formula is C19H20BrN3O3. The summed E-state index contributed by atoms with van der Waals surface area (Å²) in [6.45, 7) is 4.89. The fraction of sp³-hybridized carbons (Fsp3) is 0.263. The number of nitrogens with zero attached hydrogens (tertiary/aromatic N) is 1. The lowest BCUT2D eigenvalue weighted by molar-refractivity contribution is -0.115. The molecule has 26 heavy (non-hydrogen) atoms. The van der Waals surface area contributed by atoms with Crippen molar-refractivity contribution in [1.29, 1.82) is 0 Å². The number of ether oxygens (including phenoxy) is 2. The van der Waals surface area contributed by atoms with Gasteiger partial charge in [-0.3, -0.25) is 9.89 Å². The third kappa shape index (κ3) is 3.99. The predicted octanol–water partition coefficient (Wildman–Crippen LogP) is 4.30. The van der Waals surface area contributed by atoms with E-state index in [4.69, 9.17) is 9.47 Å². The molecule has 0 aliphatic rings. The molecular weight excluding hydrogens is 398 g/mol. The van der Waals surface area contributed by atoms with Crippen LogP contribution in [0.2, 0.25) is 0 Å². The number of amides is 1. The lowest BCUT2D eigenvalue weighted by atomic mass is 10.1. The van der Waals surface area contributed by atoms with Gasteiger partial charge in [-0.25, -0.2) is 0 Å². The number of rotatable bonds is 7. The third-order valence-electron chi connectivity index (χ3n) is 3.81.